The van der Waals surface area contributed by atoms with Crippen LogP contribution in [0.15, 0.2) is 0 Å². The lowest BCUT2D eigenvalue weighted by Gasteiger charge is -2.44. The highest BCUT2D eigenvalue weighted by molar-refractivity contribution is 6.61. The zero-order valence-electron chi connectivity index (χ0n) is 6.91. The van der Waals surface area contributed by atoms with E-state index >= 15 is 0 Å². The Bertz CT molecular complexity index is 86.7. The first-order chi connectivity index (χ1) is 4.22. The second-order valence-corrected chi connectivity index (χ2v) is 3.72. The molecule has 9 heavy (non-hydrogen) atoms. The predicted octanol–water partition coefficient (Wildman–Crippen LogP) is 2.93. The van der Waals surface area contributed by atoms with Crippen molar-refractivity contribution in [1.29, 1.82) is 0 Å². The van der Waals surface area contributed by atoms with Crippen molar-refractivity contribution in [2.45, 2.75) is 46.2 Å². The van der Waals surface area contributed by atoms with E-state index in [-0.39, 0.29) is 0 Å². The molecule has 52 valence electrons. The Kier molecular flexibility index (Phi) is 1.88. The van der Waals surface area contributed by atoms with E-state index in [9.17, 15) is 0 Å². The molecular weight excluding hydrogens is 107 g/mol. The smallest absolute Gasteiger partial charge is 0.0861 e. The van der Waals surface area contributed by atoms with Gasteiger partial charge in [0, 0.05) is 0 Å². The first kappa shape index (κ1) is 7.18. The van der Waals surface area contributed by atoms with Gasteiger partial charge in [0.2, 0.25) is 0 Å². The quantitative estimate of drug-likeness (QED) is 0.496. The SMILES string of the molecule is CCC1(CC)CB(C)C1. The van der Waals surface area contributed by atoms with E-state index < -0.39 is 0 Å². The van der Waals surface area contributed by atoms with Crippen LogP contribution in [0.2, 0.25) is 19.5 Å². The molecule has 0 saturated carbocycles. The molecule has 0 N–H and O–H groups in total. The van der Waals surface area contributed by atoms with Gasteiger partial charge in [-0.1, -0.05) is 46.2 Å². The molecule has 1 rings (SSSR count). The highest BCUT2D eigenvalue weighted by atomic mass is 14.3. The lowest BCUT2D eigenvalue weighted by molar-refractivity contribution is 0.296. The standard InChI is InChI=1S/C8H17B/c1-4-8(5-2)6-9(3)7-8/h4-7H2,1-3H3. The molecule has 0 aromatic carbocycles. The fraction of sp³-hybridized carbons (Fsp3) is 1.00. The first-order valence-electron chi connectivity index (χ1n) is 4.22. The summed E-state index contributed by atoms with van der Waals surface area (Å²) in [6.45, 7) is 8.04. The molecular formula is C8H17B. The number of hydrogen-bond acceptors (Lipinski definition) is 0. The van der Waals surface area contributed by atoms with Gasteiger partial charge in [0.1, 0.15) is 6.71 Å². The summed E-state index contributed by atoms with van der Waals surface area (Å²) in [7, 11) is 0. The summed E-state index contributed by atoms with van der Waals surface area (Å²) in [5.41, 5.74) is 0.777. The Hall–Kier alpha value is 0.0649. The molecule has 0 bridgehead atoms. The highest BCUT2D eigenvalue weighted by Crippen LogP contribution is 2.47. The van der Waals surface area contributed by atoms with Crippen molar-refractivity contribution in [1.82, 2.24) is 0 Å². The third kappa shape index (κ3) is 1.15. The van der Waals surface area contributed by atoms with Gasteiger partial charge in [0.05, 0.1) is 0 Å². The third-order valence-corrected chi connectivity index (χ3v) is 3.06. The summed E-state index contributed by atoms with van der Waals surface area (Å²) >= 11 is 0. The van der Waals surface area contributed by atoms with Crippen molar-refractivity contribution in [3.8, 4) is 0 Å². The fourth-order valence-corrected chi connectivity index (χ4v) is 2.25. The fourth-order valence-electron chi connectivity index (χ4n) is 2.25. The van der Waals surface area contributed by atoms with Crippen LogP contribution in [0.1, 0.15) is 26.7 Å². The van der Waals surface area contributed by atoms with E-state index in [2.05, 4.69) is 20.7 Å². The van der Waals surface area contributed by atoms with Crippen LogP contribution in [0.25, 0.3) is 0 Å². The van der Waals surface area contributed by atoms with Crippen LogP contribution in [-0.4, -0.2) is 6.71 Å². The maximum atomic E-state index is 2.36. The van der Waals surface area contributed by atoms with E-state index in [1.54, 1.807) is 0 Å². The van der Waals surface area contributed by atoms with Crippen LogP contribution in [-0.2, 0) is 0 Å². The van der Waals surface area contributed by atoms with Gasteiger partial charge in [-0.25, -0.2) is 0 Å². The molecule has 0 nitrogen and oxygen atoms in total. The zero-order chi connectivity index (χ0) is 6.91. The summed E-state index contributed by atoms with van der Waals surface area (Å²) in [6, 6.07) is 0. The van der Waals surface area contributed by atoms with Crippen LogP contribution in [0, 0.1) is 5.41 Å². The maximum absolute atomic E-state index is 2.36. The molecule has 1 aliphatic rings. The van der Waals surface area contributed by atoms with E-state index in [4.69, 9.17) is 0 Å². The van der Waals surface area contributed by atoms with Crippen LogP contribution in [0.3, 0.4) is 0 Å². The molecule has 0 amide bonds. The molecule has 1 heteroatoms. The topological polar surface area (TPSA) is 0 Å². The first-order valence-corrected chi connectivity index (χ1v) is 4.22. The largest absolute Gasteiger partial charge is 0.137 e. The van der Waals surface area contributed by atoms with E-state index in [1.807, 2.05) is 0 Å². The second-order valence-electron chi connectivity index (χ2n) is 3.72. The van der Waals surface area contributed by atoms with Crippen molar-refractivity contribution in [2.75, 3.05) is 0 Å². The minimum Gasteiger partial charge on any atom is -0.0861 e. The highest BCUT2D eigenvalue weighted by Gasteiger charge is 2.39. The van der Waals surface area contributed by atoms with E-state index in [1.165, 1.54) is 25.5 Å². The predicted molar refractivity (Wildman–Crippen MR) is 44.2 cm³/mol. The molecule has 0 aliphatic carbocycles. The Labute approximate surface area is 59.1 Å². The van der Waals surface area contributed by atoms with Gasteiger partial charge in [-0.2, -0.15) is 0 Å². The average molecular weight is 124 g/mol. The second kappa shape index (κ2) is 2.36. The minimum absolute atomic E-state index is 0.777. The maximum Gasteiger partial charge on any atom is 0.137 e. The van der Waals surface area contributed by atoms with Crippen LogP contribution in [0.4, 0.5) is 0 Å². The normalized spacial score (nSPS) is 23.7. The summed E-state index contributed by atoms with van der Waals surface area (Å²) < 4.78 is 0. The van der Waals surface area contributed by atoms with Crippen molar-refractivity contribution < 1.29 is 0 Å². The molecule has 1 heterocycles. The summed E-state index contributed by atoms with van der Waals surface area (Å²) in [5, 5.41) is 0. The Morgan fingerprint density at radius 2 is 1.67 bits per heavy atom. The average Bonchev–Trinajstić information content (AvgIpc) is 1.81. The van der Waals surface area contributed by atoms with Crippen molar-refractivity contribution in [3.63, 3.8) is 0 Å². The van der Waals surface area contributed by atoms with Crippen molar-refractivity contribution >= 4 is 6.71 Å². The molecule has 0 unspecified atom stereocenters. The lowest BCUT2D eigenvalue weighted by Crippen LogP contribution is -2.39. The third-order valence-electron chi connectivity index (χ3n) is 3.06. The van der Waals surface area contributed by atoms with E-state index in [0.717, 1.165) is 12.1 Å². The van der Waals surface area contributed by atoms with Gasteiger partial charge >= 0.3 is 0 Å². The monoisotopic (exact) mass is 124 g/mol. The summed E-state index contributed by atoms with van der Waals surface area (Å²) in [5.74, 6) is 0. The van der Waals surface area contributed by atoms with Gasteiger partial charge < -0.3 is 0 Å². The van der Waals surface area contributed by atoms with Crippen LogP contribution < -0.4 is 0 Å². The molecule has 1 fully saturated rings. The van der Waals surface area contributed by atoms with Gasteiger partial charge in [-0.3, -0.25) is 0 Å². The van der Waals surface area contributed by atoms with Crippen molar-refractivity contribution in [3.05, 3.63) is 0 Å². The van der Waals surface area contributed by atoms with Crippen LogP contribution >= 0.6 is 0 Å². The number of hydrogen-bond donors (Lipinski definition) is 0. The van der Waals surface area contributed by atoms with Crippen LogP contribution in [0.5, 0.6) is 0 Å². The van der Waals surface area contributed by atoms with Gasteiger partial charge in [0.15, 0.2) is 0 Å². The lowest BCUT2D eigenvalue weighted by atomic mass is 9.27. The molecule has 1 saturated heterocycles. The summed E-state index contributed by atoms with van der Waals surface area (Å²) in [4.78, 5) is 0. The van der Waals surface area contributed by atoms with Gasteiger partial charge in [0.25, 0.3) is 0 Å². The molecule has 1 aliphatic heterocycles. The molecule has 0 spiro atoms. The molecule has 0 aromatic heterocycles. The Morgan fingerprint density at radius 3 is 1.78 bits per heavy atom. The van der Waals surface area contributed by atoms with Gasteiger partial charge in [-0.05, 0) is 5.41 Å². The van der Waals surface area contributed by atoms with E-state index in [0.29, 0.717) is 0 Å². The number of rotatable bonds is 2. The summed E-state index contributed by atoms with van der Waals surface area (Å²) in [6.07, 6.45) is 5.77. The van der Waals surface area contributed by atoms with Crippen molar-refractivity contribution in [2.24, 2.45) is 5.41 Å². The zero-order valence-corrected chi connectivity index (χ0v) is 6.91. The minimum atomic E-state index is 0.777. The molecule has 0 radical (unpaired) electrons. The van der Waals surface area contributed by atoms with Gasteiger partial charge in [-0.15, -0.1) is 0 Å². The Morgan fingerprint density at radius 1 is 1.22 bits per heavy atom. The molecule has 0 aromatic rings. The Balaban J connectivity index is 2.36. The molecule has 0 atom stereocenters.